The van der Waals surface area contributed by atoms with Crippen LogP contribution in [0.15, 0.2) is 0 Å². The van der Waals surface area contributed by atoms with E-state index in [-0.39, 0.29) is 18.2 Å². The molecule has 0 spiro atoms. The fourth-order valence-corrected chi connectivity index (χ4v) is 1.49. The van der Waals surface area contributed by atoms with Gasteiger partial charge in [0.15, 0.2) is 5.69 Å². The molecule has 76 valence electrons. The largest absolute Gasteiger partial charge is 0.476 e. The number of hydrogen-bond donors (Lipinski definition) is 2. The molecule has 1 aliphatic carbocycles. The lowest BCUT2D eigenvalue weighted by atomic mass is 10.2. The zero-order valence-electron chi connectivity index (χ0n) is 7.55. The predicted octanol–water partition coefficient (Wildman–Crippen LogP) is -0.154. The highest BCUT2D eigenvalue weighted by Gasteiger charge is 2.33. The van der Waals surface area contributed by atoms with Crippen molar-refractivity contribution in [2.75, 3.05) is 6.61 Å². The van der Waals surface area contributed by atoms with E-state index in [1.807, 2.05) is 0 Å². The molecule has 0 radical (unpaired) electrons. The second-order valence-electron chi connectivity index (χ2n) is 3.35. The quantitative estimate of drug-likeness (QED) is 0.700. The van der Waals surface area contributed by atoms with Gasteiger partial charge in [-0.3, -0.25) is 0 Å². The third-order valence-corrected chi connectivity index (χ3v) is 2.25. The molecule has 1 aromatic rings. The Bertz CT molecular complexity index is 357. The van der Waals surface area contributed by atoms with Gasteiger partial charge in [-0.2, -0.15) is 0 Å². The summed E-state index contributed by atoms with van der Waals surface area (Å²) < 4.78 is 1.49. The minimum absolute atomic E-state index is 0.0287. The first kappa shape index (κ1) is 9.14. The molecule has 6 heteroatoms. The zero-order valence-corrected chi connectivity index (χ0v) is 7.55. The lowest BCUT2D eigenvalue weighted by Crippen LogP contribution is -2.09. The molecule has 6 nitrogen and oxygen atoms in total. The molecule has 0 unspecified atom stereocenters. The van der Waals surface area contributed by atoms with Crippen LogP contribution in [0.1, 0.15) is 34.9 Å². The van der Waals surface area contributed by atoms with E-state index >= 15 is 0 Å². The number of aromatic nitrogens is 3. The first-order valence-corrected chi connectivity index (χ1v) is 4.51. The van der Waals surface area contributed by atoms with Crippen LogP contribution in [0, 0.1) is 0 Å². The number of nitrogens with zero attached hydrogens (tertiary/aromatic N) is 3. The van der Waals surface area contributed by atoms with E-state index in [9.17, 15) is 4.79 Å². The molecule has 0 bridgehead atoms. The van der Waals surface area contributed by atoms with Crippen molar-refractivity contribution in [3.63, 3.8) is 0 Å². The van der Waals surface area contributed by atoms with Crippen molar-refractivity contribution < 1.29 is 15.0 Å². The average Bonchev–Trinajstić information content (AvgIpc) is 2.88. The number of aromatic carboxylic acids is 1. The summed E-state index contributed by atoms with van der Waals surface area (Å²) in [7, 11) is 0. The molecule has 0 saturated heterocycles. The topological polar surface area (TPSA) is 88.2 Å². The van der Waals surface area contributed by atoms with Gasteiger partial charge in [0.1, 0.15) is 0 Å². The van der Waals surface area contributed by atoms with Gasteiger partial charge in [-0.15, -0.1) is 5.10 Å². The minimum Gasteiger partial charge on any atom is -0.476 e. The van der Waals surface area contributed by atoms with Crippen LogP contribution >= 0.6 is 0 Å². The van der Waals surface area contributed by atoms with E-state index in [0.29, 0.717) is 12.2 Å². The van der Waals surface area contributed by atoms with E-state index in [0.717, 1.165) is 12.8 Å². The van der Waals surface area contributed by atoms with Gasteiger partial charge in [-0.1, -0.05) is 5.21 Å². The Hall–Kier alpha value is -1.43. The predicted molar refractivity (Wildman–Crippen MR) is 46.0 cm³/mol. The van der Waals surface area contributed by atoms with Gasteiger partial charge in [0, 0.05) is 5.92 Å². The van der Waals surface area contributed by atoms with Crippen molar-refractivity contribution >= 4 is 5.97 Å². The summed E-state index contributed by atoms with van der Waals surface area (Å²) in [5, 5.41) is 24.9. The monoisotopic (exact) mass is 197 g/mol. The molecule has 1 aliphatic rings. The molecular formula is C8H11N3O3. The summed E-state index contributed by atoms with van der Waals surface area (Å²) in [6.45, 7) is 0.258. The Morgan fingerprint density at radius 1 is 1.57 bits per heavy atom. The van der Waals surface area contributed by atoms with Crippen LogP contribution in [-0.4, -0.2) is 37.8 Å². The standard InChI is InChI=1S/C8H11N3O3/c12-4-3-11-7(5-1-2-5)6(8(13)14)9-10-11/h5,12H,1-4H2,(H,13,14). The Balaban J connectivity index is 2.36. The maximum Gasteiger partial charge on any atom is 0.358 e. The smallest absolute Gasteiger partial charge is 0.358 e. The van der Waals surface area contributed by atoms with Crippen LogP contribution in [0.2, 0.25) is 0 Å². The highest BCUT2D eigenvalue weighted by molar-refractivity contribution is 5.86. The molecule has 1 aromatic heterocycles. The van der Waals surface area contributed by atoms with Crippen molar-refractivity contribution in [2.24, 2.45) is 0 Å². The first-order chi connectivity index (χ1) is 6.74. The molecule has 14 heavy (non-hydrogen) atoms. The molecule has 0 aliphatic heterocycles. The molecule has 1 heterocycles. The maximum absolute atomic E-state index is 10.8. The normalized spacial score (nSPS) is 15.8. The maximum atomic E-state index is 10.8. The molecule has 2 N–H and O–H groups in total. The van der Waals surface area contributed by atoms with E-state index in [1.54, 1.807) is 0 Å². The number of rotatable bonds is 4. The average molecular weight is 197 g/mol. The zero-order chi connectivity index (χ0) is 10.1. The van der Waals surface area contributed by atoms with Gasteiger partial charge in [-0.05, 0) is 12.8 Å². The molecule has 0 atom stereocenters. The van der Waals surface area contributed by atoms with Crippen molar-refractivity contribution in [2.45, 2.75) is 25.3 Å². The van der Waals surface area contributed by atoms with Gasteiger partial charge in [0.2, 0.25) is 0 Å². The lowest BCUT2D eigenvalue weighted by Gasteiger charge is -2.02. The van der Waals surface area contributed by atoms with E-state index in [2.05, 4.69) is 10.3 Å². The third-order valence-electron chi connectivity index (χ3n) is 2.25. The van der Waals surface area contributed by atoms with Crippen molar-refractivity contribution in [3.05, 3.63) is 11.4 Å². The Labute approximate surface area is 80.2 Å². The number of carboxylic acid groups (broad SMARTS) is 1. The number of carbonyl (C=O) groups is 1. The second-order valence-corrected chi connectivity index (χ2v) is 3.35. The summed E-state index contributed by atoms with van der Waals surface area (Å²) >= 11 is 0. The molecule has 0 aromatic carbocycles. The van der Waals surface area contributed by atoms with E-state index < -0.39 is 5.97 Å². The number of aliphatic hydroxyl groups is 1. The Morgan fingerprint density at radius 3 is 2.79 bits per heavy atom. The second kappa shape index (κ2) is 3.38. The van der Waals surface area contributed by atoms with Crippen LogP contribution in [0.25, 0.3) is 0 Å². The Kier molecular flexibility index (Phi) is 2.20. The SMILES string of the molecule is O=C(O)c1nnn(CCO)c1C1CC1. The van der Waals surface area contributed by atoms with E-state index in [1.165, 1.54) is 4.68 Å². The summed E-state index contributed by atoms with van der Waals surface area (Å²) in [6, 6.07) is 0. The highest BCUT2D eigenvalue weighted by atomic mass is 16.4. The highest BCUT2D eigenvalue weighted by Crippen LogP contribution is 2.41. The van der Waals surface area contributed by atoms with Crippen LogP contribution in [0.5, 0.6) is 0 Å². The number of carboxylic acids is 1. The molecule has 1 saturated carbocycles. The summed E-state index contributed by atoms with van der Waals surface area (Å²) in [5.74, 6) is -0.779. The van der Waals surface area contributed by atoms with Gasteiger partial charge in [0.25, 0.3) is 0 Å². The van der Waals surface area contributed by atoms with Crippen molar-refractivity contribution in [1.29, 1.82) is 0 Å². The van der Waals surface area contributed by atoms with Gasteiger partial charge in [-0.25, -0.2) is 9.48 Å². The molecule has 1 fully saturated rings. The number of hydrogen-bond acceptors (Lipinski definition) is 4. The van der Waals surface area contributed by atoms with Crippen LogP contribution in [0.4, 0.5) is 0 Å². The lowest BCUT2D eigenvalue weighted by molar-refractivity contribution is 0.0689. The van der Waals surface area contributed by atoms with Gasteiger partial charge in [0.05, 0.1) is 18.8 Å². The molecule has 0 amide bonds. The minimum atomic E-state index is -1.05. The summed E-state index contributed by atoms with van der Waals surface area (Å²) in [4.78, 5) is 10.8. The molecule has 2 rings (SSSR count). The van der Waals surface area contributed by atoms with Gasteiger partial charge < -0.3 is 10.2 Å². The first-order valence-electron chi connectivity index (χ1n) is 4.51. The fraction of sp³-hybridized carbons (Fsp3) is 0.625. The van der Waals surface area contributed by atoms with E-state index in [4.69, 9.17) is 10.2 Å². The third kappa shape index (κ3) is 1.48. The fourth-order valence-electron chi connectivity index (χ4n) is 1.49. The Morgan fingerprint density at radius 2 is 2.29 bits per heavy atom. The van der Waals surface area contributed by atoms with Gasteiger partial charge >= 0.3 is 5.97 Å². The van der Waals surface area contributed by atoms with Crippen molar-refractivity contribution in [1.82, 2.24) is 15.0 Å². The summed E-state index contributed by atoms with van der Waals surface area (Å²) in [5.41, 5.74) is 0.688. The summed E-state index contributed by atoms with van der Waals surface area (Å²) in [6.07, 6.45) is 1.97. The van der Waals surface area contributed by atoms with Crippen LogP contribution in [-0.2, 0) is 6.54 Å². The molecular weight excluding hydrogens is 186 g/mol. The van der Waals surface area contributed by atoms with Crippen molar-refractivity contribution in [3.8, 4) is 0 Å². The number of aliphatic hydroxyl groups excluding tert-OH is 1. The van der Waals surface area contributed by atoms with Crippen LogP contribution < -0.4 is 0 Å². The van der Waals surface area contributed by atoms with Crippen LogP contribution in [0.3, 0.4) is 0 Å².